The number of epoxide rings is 1. The van der Waals surface area contributed by atoms with Crippen LogP contribution in [0, 0.1) is 0 Å². The van der Waals surface area contributed by atoms with E-state index in [2.05, 4.69) is 19.1 Å². The van der Waals surface area contributed by atoms with Crippen molar-refractivity contribution in [1.29, 1.82) is 0 Å². The highest BCUT2D eigenvalue weighted by Crippen LogP contribution is 2.39. The number of hydrogen-bond acceptors (Lipinski definition) is 3. The van der Waals surface area contributed by atoms with Crippen LogP contribution >= 0.6 is 0 Å². The van der Waals surface area contributed by atoms with E-state index in [4.69, 9.17) is 9.47 Å². The Morgan fingerprint density at radius 3 is 2.59 bits per heavy atom. The number of ether oxygens (including phenoxy) is 2. The van der Waals surface area contributed by atoms with Crippen molar-refractivity contribution in [3.8, 4) is 0 Å². The molecule has 0 amide bonds. The first-order valence-corrected chi connectivity index (χ1v) is 6.17. The van der Waals surface area contributed by atoms with Crippen molar-refractivity contribution in [2.75, 3.05) is 6.61 Å². The van der Waals surface area contributed by atoms with Gasteiger partial charge in [-0.3, -0.25) is 0 Å². The van der Waals surface area contributed by atoms with E-state index in [0.717, 1.165) is 18.4 Å². The molecule has 2 unspecified atom stereocenters. The molecule has 1 heterocycles. The molecule has 1 saturated heterocycles. The van der Waals surface area contributed by atoms with Gasteiger partial charge in [0.1, 0.15) is 6.10 Å². The average Bonchev–Trinajstić information content (AvgIpc) is 3.16. The maximum atomic E-state index is 11.5. The fraction of sp³-hybridized carbons (Fsp3) is 0.500. The predicted molar refractivity (Wildman–Crippen MR) is 64.7 cm³/mol. The zero-order valence-corrected chi connectivity index (χ0v) is 10.3. The Balaban J connectivity index is 1.90. The predicted octanol–water partition coefficient (Wildman–Crippen LogP) is 2.64. The second-order valence-electron chi connectivity index (χ2n) is 4.24. The van der Waals surface area contributed by atoms with Crippen molar-refractivity contribution in [2.24, 2.45) is 0 Å². The molecule has 3 nitrogen and oxygen atoms in total. The van der Waals surface area contributed by atoms with E-state index in [1.165, 1.54) is 5.56 Å². The van der Waals surface area contributed by atoms with Gasteiger partial charge in [0.05, 0.1) is 6.61 Å². The van der Waals surface area contributed by atoms with E-state index in [0.29, 0.717) is 6.61 Å². The lowest BCUT2D eigenvalue weighted by Gasteiger charge is -2.00. The topological polar surface area (TPSA) is 38.8 Å². The molecule has 1 aromatic carbocycles. The quantitative estimate of drug-likeness (QED) is 0.580. The molecule has 0 aromatic heterocycles. The normalized spacial score (nSPS) is 22.2. The summed E-state index contributed by atoms with van der Waals surface area (Å²) in [6.45, 7) is 4.57. The number of esters is 1. The third-order valence-electron chi connectivity index (χ3n) is 2.89. The highest BCUT2D eigenvalue weighted by atomic mass is 16.6. The molecule has 1 aliphatic rings. The summed E-state index contributed by atoms with van der Waals surface area (Å²) in [5.41, 5.74) is 2.35. The fourth-order valence-electron chi connectivity index (χ4n) is 1.77. The van der Waals surface area contributed by atoms with Crippen LogP contribution in [-0.4, -0.2) is 18.7 Å². The Bertz CT molecular complexity index is 383. The third-order valence-corrected chi connectivity index (χ3v) is 2.89. The van der Waals surface area contributed by atoms with Gasteiger partial charge in [-0.05, 0) is 24.0 Å². The van der Waals surface area contributed by atoms with Gasteiger partial charge in [-0.25, -0.2) is 4.79 Å². The Morgan fingerprint density at radius 1 is 1.29 bits per heavy atom. The lowest BCUT2D eigenvalue weighted by atomic mass is 10.1. The second-order valence-corrected chi connectivity index (χ2v) is 4.24. The summed E-state index contributed by atoms with van der Waals surface area (Å²) in [7, 11) is 0. The summed E-state index contributed by atoms with van der Waals surface area (Å²) in [6.07, 6.45) is 1.36. The van der Waals surface area contributed by atoms with Crippen molar-refractivity contribution in [2.45, 2.75) is 38.9 Å². The first kappa shape index (κ1) is 12.1. The molecule has 2 atom stereocenters. The Hall–Kier alpha value is -1.35. The smallest absolute Gasteiger partial charge is 0.338 e. The van der Waals surface area contributed by atoms with Gasteiger partial charge in [0.2, 0.25) is 0 Å². The van der Waals surface area contributed by atoms with Gasteiger partial charge in [0, 0.05) is 0 Å². The number of benzene rings is 1. The summed E-state index contributed by atoms with van der Waals surface area (Å²) in [6, 6.07) is 8.20. The molecule has 1 aromatic rings. The van der Waals surface area contributed by atoms with E-state index in [9.17, 15) is 4.79 Å². The Kier molecular flexibility index (Phi) is 3.79. The highest BCUT2D eigenvalue weighted by molar-refractivity contribution is 5.78. The van der Waals surface area contributed by atoms with Crippen LogP contribution in [0.3, 0.4) is 0 Å². The van der Waals surface area contributed by atoms with Crippen LogP contribution in [0.2, 0.25) is 0 Å². The summed E-state index contributed by atoms with van der Waals surface area (Å²) in [5.74, 6) is -0.239. The van der Waals surface area contributed by atoms with Gasteiger partial charge in [-0.15, -0.1) is 0 Å². The van der Waals surface area contributed by atoms with Gasteiger partial charge in [0.25, 0.3) is 0 Å². The molecule has 0 bridgehead atoms. The van der Waals surface area contributed by atoms with Gasteiger partial charge in [-0.1, -0.05) is 38.1 Å². The van der Waals surface area contributed by atoms with Crippen LogP contribution in [-0.2, 0) is 20.7 Å². The van der Waals surface area contributed by atoms with Gasteiger partial charge in [-0.2, -0.15) is 0 Å². The fourth-order valence-corrected chi connectivity index (χ4v) is 1.77. The largest absolute Gasteiger partial charge is 0.464 e. The van der Waals surface area contributed by atoms with Crippen LogP contribution in [0.25, 0.3) is 0 Å². The van der Waals surface area contributed by atoms with Crippen LogP contribution < -0.4 is 0 Å². The minimum Gasteiger partial charge on any atom is -0.464 e. The molecule has 1 fully saturated rings. The zero-order chi connectivity index (χ0) is 12.3. The first-order valence-electron chi connectivity index (χ1n) is 6.17. The summed E-state index contributed by atoms with van der Waals surface area (Å²) in [5, 5.41) is 0. The molecule has 0 saturated carbocycles. The minimum absolute atomic E-state index is 0.106. The zero-order valence-electron chi connectivity index (χ0n) is 10.3. The Morgan fingerprint density at radius 2 is 2.00 bits per heavy atom. The molecule has 0 spiro atoms. The van der Waals surface area contributed by atoms with E-state index in [1.54, 1.807) is 0 Å². The lowest BCUT2D eigenvalue weighted by Crippen LogP contribution is -2.12. The summed E-state index contributed by atoms with van der Waals surface area (Å²) in [4.78, 5) is 11.5. The molecule has 2 rings (SSSR count). The van der Waals surface area contributed by atoms with Crippen molar-refractivity contribution < 1.29 is 14.3 Å². The van der Waals surface area contributed by atoms with Crippen molar-refractivity contribution in [3.05, 3.63) is 35.4 Å². The van der Waals surface area contributed by atoms with Crippen molar-refractivity contribution in [3.63, 3.8) is 0 Å². The van der Waals surface area contributed by atoms with Crippen LogP contribution in [0.1, 0.15) is 37.5 Å². The van der Waals surface area contributed by atoms with Gasteiger partial charge >= 0.3 is 5.97 Å². The van der Waals surface area contributed by atoms with Gasteiger partial charge in [0.15, 0.2) is 6.10 Å². The standard InChI is InChI=1S/C14H18O3/c1-3-9-16-14(15)13-12(17-13)11-7-5-10(4-2)6-8-11/h5-8,12-13H,3-4,9H2,1-2H3. The van der Waals surface area contributed by atoms with E-state index >= 15 is 0 Å². The minimum atomic E-state index is -0.394. The van der Waals surface area contributed by atoms with E-state index < -0.39 is 6.10 Å². The SMILES string of the molecule is CCCOC(=O)C1OC1c1ccc(CC)cc1. The molecular weight excluding hydrogens is 216 g/mol. The van der Waals surface area contributed by atoms with Crippen molar-refractivity contribution in [1.82, 2.24) is 0 Å². The summed E-state index contributed by atoms with van der Waals surface area (Å²) < 4.78 is 10.4. The lowest BCUT2D eigenvalue weighted by molar-refractivity contribution is -0.145. The molecule has 0 radical (unpaired) electrons. The maximum Gasteiger partial charge on any atom is 0.338 e. The first-order chi connectivity index (χ1) is 8.26. The number of aryl methyl sites for hydroxylation is 1. The molecule has 3 heteroatoms. The van der Waals surface area contributed by atoms with Crippen molar-refractivity contribution >= 4 is 5.97 Å². The van der Waals surface area contributed by atoms with Gasteiger partial charge < -0.3 is 9.47 Å². The van der Waals surface area contributed by atoms with Crippen LogP contribution in [0.5, 0.6) is 0 Å². The number of carbonyl (C=O) groups excluding carboxylic acids is 1. The molecular formula is C14H18O3. The summed E-state index contributed by atoms with van der Waals surface area (Å²) >= 11 is 0. The monoisotopic (exact) mass is 234 g/mol. The van der Waals surface area contributed by atoms with E-state index in [-0.39, 0.29) is 12.1 Å². The second kappa shape index (κ2) is 5.32. The van der Waals surface area contributed by atoms with Crippen LogP contribution in [0.4, 0.5) is 0 Å². The van der Waals surface area contributed by atoms with Crippen LogP contribution in [0.15, 0.2) is 24.3 Å². The number of carbonyl (C=O) groups is 1. The number of hydrogen-bond donors (Lipinski definition) is 0. The Labute approximate surface area is 102 Å². The molecule has 0 N–H and O–H groups in total. The molecule has 0 aliphatic carbocycles. The number of rotatable bonds is 5. The molecule has 92 valence electrons. The average molecular weight is 234 g/mol. The highest BCUT2D eigenvalue weighted by Gasteiger charge is 2.47. The molecule has 17 heavy (non-hydrogen) atoms. The third kappa shape index (κ3) is 2.86. The molecule has 1 aliphatic heterocycles. The maximum absolute atomic E-state index is 11.5. The van der Waals surface area contributed by atoms with E-state index in [1.807, 2.05) is 19.1 Å².